The van der Waals surface area contributed by atoms with Gasteiger partial charge in [-0.1, -0.05) is 45.0 Å². The van der Waals surface area contributed by atoms with Gasteiger partial charge in [0, 0.05) is 13.1 Å². The molecule has 1 saturated carbocycles. The van der Waals surface area contributed by atoms with Gasteiger partial charge in [0.2, 0.25) is 0 Å². The van der Waals surface area contributed by atoms with E-state index < -0.39 is 0 Å². The van der Waals surface area contributed by atoms with Crippen LogP contribution >= 0.6 is 0 Å². The zero-order valence-corrected chi connectivity index (χ0v) is 12.1. The average Bonchev–Trinajstić information content (AvgIpc) is 3.11. The topological polar surface area (TPSA) is 12.0 Å². The minimum atomic E-state index is 0.650. The van der Waals surface area contributed by atoms with Crippen molar-refractivity contribution in [2.75, 3.05) is 6.54 Å². The lowest BCUT2D eigenvalue weighted by molar-refractivity contribution is 0.443. The van der Waals surface area contributed by atoms with E-state index in [2.05, 4.69) is 50.4 Å². The van der Waals surface area contributed by atoms with Gasteiger partial charge in [0.05, 0.1) is 0 Å². The Hall–Kier alpha value is -0.820. The number of hydrogen-bond acceptors (Lipinski definition) is 1. The van der Waals surface area contributed by atoms with Crippen LogP contribution in [0.2, 0.25) is 0 Å². The second-order valence-corrected chi connectivity index (χ2v) is 6.37. The van der Waals surface area contributed by atoms with Crippen molar-refractivity contribution in [2.24, 2.45) is 11.3 Å². The predicted molar refractivity (Wildman–Crippen MR) is 78.6 cm³/mol. The van der Waals surface area contributed by atoms with Gasteiger partial charge in [0.1, 0.15) is 0 Å². The molecular weight excluding hydrogens is 218 g/mol. The lowest BCUT2D eigenvalue weighted by Crippen LogP contribution is -2.23. The Morgan fingerprint density at radius 1 is 1.11 bits per heavy atom. The first-order valence-corrected chi connectivity index (χ1v) is 7.42. The zero-order chi connectivity index (χ0) is 13.0. The highest BCUT2D eigenvalue weighted by atomic mass is 14.9. The third-order valence-electron chi connectivity index (χ3n) is 4.20. The van der Waals surface area contributed by atoms with Gasteiger partial charge >= 0.3 is 0 Å². The predicted octanol–water partition coefficient (Wildman–Crippen LogP) is 4.16. The molecule has 0 atom stereocenters. The van der Waals surface area contributed by atoms with Crippen LogP contribution in [0.3, 0.4) is 0 Å². The lowest BCUT2D eigenvalue weighted by Gasteiger charge is -2.13. The lowest BCUT2D eigenvalue weighted by atomic mass is 10.0. The van der Waals surface area contributed by atoms with E-state index in [4.69, 9.17) is 0 Å². The van der Waals surface area contributed by atoms with Crippen molar-refractivity contribution < 1.29 is 0 Å². The van der Waals surface area contributed by atoms with Crippen molar-refractivity contribution in [1.82, 2.24) is 5.32 Å². The van der Waals surface area contributed by atoms with Gasteiger partial charge in [-0.3, -0.25) is 0 Å². The van der Waals surface area contributed by atoms with E-state index >= 15 is 0 Å². The molecular formula is C17H27N. The Morgan fingerprint density at radius 3 is 2.22 bits per heavy atom. The highest BCUT2D eigenvalue weighted by Gasteiger charge is 2.39. The minimum Gasteiger partial charge on any atom is -0.312 e. The van der Waals surface area contributed by atoms with Crippen molar-refractivity contribution in [3.8, 4) is 0 Å². The average molecular weight is 245 g/mol. The van der Waals surface area contributed by atoms with E-state index in [-0.39, 0.29) is 0 Å². The van der Waals surface area contributed by atoms with Crippen LogP contribution in [0.15, 0.2) is 24.3 Å². The summed E-state index contributed by atoms with van der Waals surface area (Å²) < 4.78 is 0. The monoisotopic (exact) mass is 245 g/mol. The smallest absolute Gasteiger partial charge is 0.0205 e. The molecule has 1 aromatic carbocycles. The van der Waals surface area contributed by atoms with E-state index in [1.807, 2.05) is 0 Å². The van der Waals surface area contributed by atoms with Crippen molar-refractivity contribution in [2.45, 2.75) is 53.0 Å². The molecule has 0 spiro atoms. The molecule has 1 N–H and O–H groups in total. The highest BCUT2D eigenvalue weighted by molar-refractivity contribution is 5.22. The van der Waals surface area contributed by atoms with Crippen LogP contribution < -0.4 is 5.32 Å². The summed E-state index contributed by atoms with van der Waals surface area (Å²) in [5.74, 6) is 0.744. The van der Waals surface area contributed by atoms with Crippen LogP contribution in [0.5, 0.6) is 0 Å². The first kappa shape index (κ1) is 13.6. The molecule has 2 rings (SSSR count). The zero-order valence-electron chi connectivity index (χ0n) is 12.1. The van der Waals surface area contributed by atoms with E-state index in [0.717, 1.165) is 12.5 Å². The van der Waals surface area contributed by atoms with E-state index in [1.165, 1.54) is 43.4 Å². The maximum absolute atomic E-state index is 3.62. The summed E-state index contributed by atoms with van der Waals surface area (Å²) in [4.78, 5) is 0. The molecule has 0 saturated heterocycles. The molecule has 1 aliphatic carbocycles. The van der Waals surface area contributed by atoms with Crippen LogP contribution in [-0.4, -0.2) is 6.54 Å². The maximum atomic E-state index is 3.62. The van der Waals surface area contributed by atoms with Gasteiger partial charge in [0.15, 0.2) is 0 Å². The first-order valence-electron chi connectivity index (χ1n) is 7.42. The van der Waals surface area contributed by atoms with Gasteiger partial charge in [-0.15, -0.1) is 0 Å². The Labute approximate surface area is 112 Å². The Morgan fingerprint density at radius 2 is 1.72 bits per heavy atom. The van der Waals surface area contributed by atoms with Gasteiger partial charge in [-0.2, -0.15) is 0 Å². The second kappa shape index (κ2) is 5.88. The van der Waals surface area contributed by atoms with Gasteiger partial charge in [-0.25, -0.2) is 0 Å². The molecule has 18 heavy (non-hydrogen) atoms. The first-order chi connectivity index (χ1) is 8.63. The Kier molecular flexibility index (Phi) is 4.45. The van der Waals surface area contributed by atoms with E-state index in [1.54, 1.807) is 0 Å². The third-order valence-corrected chi connectivity index (χ3v) is 4.20. The van der Waals surface area contributed by atoms with Crippen LogP contribution in [0.25, 0.3) is 0 Å². The van der Waals surface area contributed by atoms with Crippen LogP contribution in [0.4, 0.5) is 0 Å². The molecule has 0 unspecified atom stereocenters. The van der Waals surface area contributed by atoms with Crippen molar-refractivity contribution in [3.63, 3.8) is 0 Å². The second-order valence-electron chi connectivity index (χ2n) is 6.37. The van der Waals surface area contributed by atoms with E-state index in [0.29, 0.717) is 5.41 Å². The fraction of sp³-hybridized carbons (Fsp3) is 0.647. The molecule has 0 radical (unpaired) electrons. The normalized spacial score (nSPS) is 17.1. The van der Waals surface area contributed by atoms with Gasteiger partial charge < -0.3 is 5.32 Å². The number of nitrogens with one attached hydrogen (secondary N) is 1. The van der Waals surface area contributed by atoms with Crippen molar-refractivity contribution >= 4 is 0 Å². The Bertz CT molecular complexity index is 360. The summed E-state index contributed by atoms with van der Waals surface area (Å²) in [5, 5.41) is 3.62. The van der Waals surface area contributed by atoms with Crippen LogP contribution in [-0.2, 0) is 13.0 Å². The molecule has 1 aromatic rings. The molecule has 100 valence electrons. The molecule has 1 heteroatoms. The number of rotatable bonds is 7. The summed E-state index contributed by atoms with van der Waals surface area (Å²) in [6, 6.07) is 9.11. The molecule has 1 fully saturated rings. The number of hydrogen-bond donors (Lipinski definition) is 1. The summed E-state index contributed by atoms with van der Waals surface area (Å²) in [6.45, 7) is 9.07. The van der Waals surface area contributed by atoms with E-state index in [9.17, 15) is 0 Å². The molecule has 0 bridgehead atoms. The molecule has 0 heterocycles. The van der Waals surface area contributed by atoms with Crippen molar-refractivity contribution in [3.05, 3.63) is 35.4 Å². The SMILES string of the molecule is CCC1(CNCc2ccc(CC(C)C)cc2)CC1. The summed E-state index contributed by atoms with van der Waals surface area (Å²) in [5.41, 5.74) is 3.52. The maximum Gasteiger partial charge on any atom is 0.0205 e. The van der Waals surface area contributed by atoms with Gasteiger partial charge in [-0.05, 0) is 48.1 Å². The fourth-order valence-electron chi connectivity index (χ4n) is 2.57. The van der Waals surface area contributed by atoms with Crippen molar-refractivity contribution in [1.29, 1.82) is 0 Å². The molecule has 1 nitrogen and oxygen atoms in total. The third kappa shape index (κ3) is 3.84. The molecule has 0 aliphatic heterocycles. The van der Waals surface area contributed by atoms with Crippen LogP contribution in [0.1, 0.15) is 51.2 Å². The largest absolute Gasteiger partial charge is 0.312 e. The highest BCUT2D eigenvalue weighted by Crippen LogP contribution is 2.47. The molecule has 1 aliphatic rings. The van der Waals surface area contributed by atoms with Crippen LogP contribution in [0, 0.1) is 11.3 Å². The Balaban J connectivity index is 1.76. The molecule has 0 amide bonds. The minimum absolute atomic E-state index is 0.650. The summed E-state index contributed by atoms with van der Waals surface area (Å²) in [6.07, 6.45) is 5.35. The summed E-state index contributed by atoms with van der Waals surface area (Å²) in [7, 11) is 0. The quantitative estimate of drug-likeness (QED) is 0.760. The standard InChI is InChI=1S/C17H27N/c1-4-17(9-10-17)13-18-12-16-7-5-15(6-8-16)11-14(2)3/h5-8,14,18H,4,9-13H2,1-3H3. The number of benzene rings is 1. The fourth-order valence-corrected chi connectivity index (χ4v) is 2.57. The molecule has 0 aromatic heterocycles. The van der Waals surface area contributed by atoms with Gasteiger partial charge in [0.25, 0.3) is 0 Å². The summed E-state index contributed by atoms with van der Waals surface area (Å²) >= 11 is 0.